The third kappa shape index (κ3) is 5.90. The van der Waals surface area contributed by atoms with Crippen molar-refractivity contribution in [1.82, 2.24) is 25.4 Å². The van der Waals surface area contributed by atoms with Crippen molar-refractivity contribution >= 4 is 5.96 Å². The Labute approximate surface area is 177 Å². The second-order valence-corrected chi connectivity index (χ2v) is 7.31. The summed E-state index contributed by atoms with van der Waals surface area (Å²) in [6.07, 6.45) is 0.0564. The van der Waals surface area contributed by atoms with Gasteiger partial charge < -0.3 is 20.3 Å². The van der Waals surface area contributed by atoms with Crippen LogP contribution in [0.2, 0.25) is 0 Å². The lowest BCUT2D eigenvalue weighted by molar-refractivity contribution is 0.168. The first kappa shape index (κ1) is 21.5. The van der Waals surface area contributed by atoms with Gasteiger partial charge >= 0.3 is 0 Å². The van der Waals surface area contributed by atoms with Crippen LogP contribution in [0.4, 0.5) is 0 Å². The minimum Gasteiger partial charge on any atom is -0.388 e. The second kappa shape index (κ2) is 10.5. The predicted octanol–water partition coefficient (Wildman–Crippen LogP) is 3.04. The largest absolute Gasteiger partial charge is 0.388 e. The van der Waals surface area contributed by atoms with E-state index in [2.05, 4.69) is 39.9 Å². The van der Waals surface area contributed by atoms with E-state index in [1.165, 1.54) is 5.56 Å². The molecule has 3 aromatic rings. The van der Waals surface area contributed by atoms with E-state index >= 15 is 0 Å². The Morgan fingerprint density at radius 2 is 1.67 bits per heavy atom. The zero-order valence-electron chi connectivity index (χ0n) is 17.8. The lowest BCUT2D eigenvalue weighted by atomic mass is 10.1. The van der Waals surface area contributed by atoms with Crippen molar-refractivity contribution in [2.45, 2.75) is 39.0 Å². The fourth-order valence-electron chi connectivity index (χ4n) is 3.09. The first-order chi connectivity index (χ1) is 14.5. The molecule has 0 aliphatic rings. The van der Waals surface area contributed by atoms with Crippen molar-refractivity contribution < 1.29 is 5.11 Å². The van der Waals surface area contributed by atoms with Gasteiger partial charge in [-0.05, 0) is 31.4 Å². The molecule has 0 aliphatic heterocycles. The standard InChI is InChI=1S/C23H30N6O/c1-17(19-10-6-4-7-11-19)26-23(25-16-22-28-27-18(2)29(22)3)24-15-14-21(30)20-12-8-5-9-13-20/h4-13,17,21,30H,14-16H2,1-3H3,(H2,24,25,26). The van der Waals surface area contributed by atoms with Crippen LogP contribution in [0.15, 0.2) is 65.7 Å². The SMILES string of the molecule is Cc1nnc(CN=C(NCCC(O)c2ccccc2)NC(C)c2ccccc2)n1C. The van der Waals surface area contributed by atoms with E-state index in [0.717, 1.165) is 17.2 Å². The number of aliphatic imine (C=N–C) groups is 1. The van der Waals surface area contributed by atoms with E-state index in [9.17, 15) is 5.11 Å². The topological polar surface area (TPSA) is 87.4 Å². The van der Waals surface area contributed by atoms with Crippen LogP contribution < -0.4 is 10.6 Å². The fourth-order valence-corrected chi connectivity index (χ4v) is 3.09. The molecule has 2 aromatic carbocycles. The summed E-state index contributed by atoms with van der Waals surface area (Å²) in [6, 6.07) is 20.0. The first-order valence-corrected chi connectivity index (χ1v) is 10.2. The summed E-state index contributed by atoms with van der Waals surface area (Å²) < 4.78 is 1.93. The molecular weight excluding hydrogens is 376 g/mol. The smallest absolute Gasteiger partial charge is 0.192 e. The number of aryl methyl sites for hydroxylation is 1. The Hall–Kier alpha value is -3.19. The summed E-state index contributed by atoms with van der Waals surface area (Å²) in [4.78, 5) is 4.69. The zero-order chi connectivity index (χ0) is 21.3. The van der Waals surface area contributed by atoms with Gasteiger partial charge in [0.1, 0.15) is 12.4 Å². The molecule has 1 heterocycles. The predicted molar refractivity (Wildman–Crippen MR) is 119 cm³/mol. The third-order valence-corrected chi connectivity index (χ3v) is 5.11. The molecule has 7 nitrogen and oxygen atoms in total. The van der Waals surface area contributed by atoms with Gasteiger partial charge in [0.15, 0.2) is 11.8 Å². The first-order valence-electron chi connectivity index (χ1n) is 10.2. The highest BCUT2D eigenvalue weighted by Gasteiger charge is 2.11. The van der Waals surface area contributed by atoms with Crippen LogP contribution in [0.5, 0.6) is 0 Å². The highest BCUT2D eigenvalue weighted by Crippen LogP contribution is 2.15. The Kier molecular flexibility index (Phi) is 7.57. The molecule has 1 aromatic heterocycles. The molecule has 7 heteroatoms. The number of nitrogens with zero attached hydrogens (tertiary/aromatic N) is 4. The van der Waals surface area contributed by atoms with Crippen molar-refractivity contribution in [3.05, 3.63) is 83.4 Å². The molecule has 2 unspecified atom stereocenters. The van der Waals surface area contributed by atoms with E-state index < -0.39 is 6.10 Å². The Bertz CT molecular complexity index is 939. The van der Waals surface area contributed by atoms with Crippen molar-refractivity contribution in [2.75, 3.05) is 6.54 Å². The molecule has 0 saturated carbocycles. The highest BCUT2D eigenvalue weighted by molar-refractivity contribution is 5.80. The summed E-state index contributed by atoms with van der Waals surface area (Å²) in [6.45, 7) is 5.01. The van der Waals surface area contributed by atoms with E-state index in [-0.39, 0.29) is 6.04 Å². The minimum atomic E-state index is -0.520. The van der Waals surface area contributed by atoms with Gasteiger partial charge in [0.25, 0.3) is 0 Å². The molecule has 2 atom stereocenters. The third-order valence-electron chi connectivity index (χ3n) is 5.11. The molecule has 0 spiro atoms. The Morgan fingerprint density at radius 3 is 2.27 bits per heavy atom. The summed E-state index contributed by atoms with van der Waals surface area (Å²) >= 11 is 0. The van der Waals surface area contributed by atoms with Crippen LogP contribution >= 0.6 is 0 Å². The number of nitrogens with one attached hydrogen (secondary N) is 2. The van der Waals surface area contributed by atoms with Gasteiger partial charge in [-0.3, -0.25) is 0 Å². The van der Waals surface area contributed by atoms with Crippen LogP contribution in [0.1, 0.15) is 48.3 Å². The van der Waals surface area contributed by atoms with Crippen LogP contribution in [-0.2, 0) is 13.6 Å². The summed E-state index contributed by atoms with van der Waals surface area (Å²) in [5.74, 6) is 2.32. The molecule has 158 valence electrons. The molecule has 0 fully saturated rings. The quantitative estimate of drug-likeness (QED) is 0.395. The monoisotopic (exact) mass is 406 g/mol. The maximum Gasteiger partial charge on any atom is 0.192 e. The number of aliphatic hydroxyl groups excluding tert-OH is 1. The van der Waals surface area contributed by atoms with Gasteiger partial charge in [0.05, 0.1) is 12.1 Å². The molecular formula is C23H30N6O. The Morgan fingerprint density at radius 1 is 1.03 bits per heavy atom. The van der Waals surface area contributed by atoms with Crippen LogP contribution in [0, 0.1) is 6.92 Å². The van der Waals surface area contributed by atoms with Gasteiger partial charge in [0, 0.05) is 13.6 Å². The van der Waals surface area contributed by atoms with Gasteiger partial charge in [-0.25, -0.2) is 4.99 Å². The average molecular weight is 407 g/mol. The number of aromatic nitrogens is 3. The minimum absolute atomic E-state index is 0.0812. The maximum absolute atomic E-state index is 10.4. The van der Waals surface area contributed by atoms with Crippen molar-refractivity contribution in [3.63, 3.8) is 0 Å². The summed E-state index contributed by atoms with van der Waals surface area (Å²) in [5, 5.41) is 25.5. The summed E-state index contributed by atoms with van der Waals surface area (Å²) in [7, 11) is 1.93. The molecule has 0 saturated heterocycles. The lowest BCUT2D eigenvalue weighted by Gasteiger charge is -2.19. The van der Waals surface area contributed by atoms with Crippen LogP contribution in [-0.4, -0.2) is 32.4 Å². The van der Waals surface area contributed by atoms with Crippen LogP contribution in [0.25, 0.3) is 0 Å². The van der Waals surface area contributed by atoms with Gasteiger partial charge in [-0.2, -0.15) is 0 Å². The van der Waals surface area contributed by atoms with E-state index in [4.69, 9.17) is 4.99 Å². The van der Waals surface area contributed by atoms with E-state index in [1.807, 2.05) is 67.1 Å². The van der Waals surface area contributed by atoms with E-state index in [0.29, 0.717) is 25.5 Å². The Balaban J connectivity index is 1.65. The van der Waals surface area contributed by atoms with Crippen LogP contribution in [0.3, 0.4) is 0 Å². The lowest BCUT2D eigenvalue weighted by Crippen LogP contribution is -2.39. The number of hydrogen-bond acceptors (Lipinski definition) is 4. The van der Waals surface area contributed by atoms with Gasteiger partial charge in [-0.15, -0.1) is 10.2 Å². The number of hydrogen-bond donors (Lipinski definition) is 3. The number of benzene rings is 2. The number of aliphatic hydroxyl groups is 1. The molecule has 0 bridgehead atoms. The fraction of sp³-hybridized carbons (Fsp3) is 0.348. The van der Waals surface area contributed by atoms with Gasteiger partial charge in [-0.1, -0.05) is 60.7 Å². The second-order valence-electron chi connectivity index (χ2n) is 7.31. The normalized spacial score (nSPS) is 13.7. The molecule has 30 heavy (non-hydrogen) atoms. The average Bonchev–Trinajstić information content (AvgIpc) is 3.10. The number of rotatable bonds is 8. The van der Waals surface area contributed by atoms with Crippen molar-refractivity contribution in [1.29, 1.82) is 0 Å². The van der Waals surface area contributed by atoms with E-state index in [1.54, 1.807) is 0 Å². The highest BCUT2D eigenvalue weighted by atomic mass is 16.3. The zero-order valence-corrected chi connectivity index (χ0v) is 17.8. The molecule has 0 radical (unpaired) electrons. The maximum atomic E-state index is 10.4. The molecule has 0 amide bonds. The number of guanidine groups is 1. The molecule has 3 N–H and O–H groups in total. The molecule has 0 aliphatic carbocycles. The van der Waals surface area contributed by atoms with Crippen molar-refractivity contribution in [2.24, 2.45) is 12.0 Å². The van der Waals surface area contributed by atoms with Gasteiger partial charge in [0.2, 0.25) is 0 Å². The van der Waals surface area contributed by atoms with Crippen molar-refractivity contribution in [3.8, 4) is 0 Å². The molecule has 3 rings (SSSR count). The summed E-state index contributed by atoms with van der Waals surface area (Å²) in [5.41, 5.74) is 2.09.